The molecule has 1 unspecified atom stereocenters. The van der Waals surface area contributed by atoms with E-state index in [2.05, 4.69) is 43.6 Å². The Labute approximate surface area is 117 Å². The van der Waals surface area contributed by atoms with Crippen LogP contribution in [-0.2, 0) is 6.42 Å². The number of rotatable bonds is 6. The zero-order chi connectivity index (χ0) is 13.5. The Morgan fingerprint density at radius 1 is 1.16 bits per heavy atom. The van der Waals surface area contributed by atoms with Crippen LogP contribution in [0.3, 0.4) is 0 Å². The van der Waals surface area contributed by atoms with Crippen LogP contribution in [0.4, 0.5) is 0 Å². The molecule has 1 aromatic carbocycles. The van der Waals surface area contributed by atoms with Crippen molar-refractivity contribution in [3.8, 4) is 5.75 Å². The van der Waals surface area contributed by atoms with Gasteiger partial charge in [-0.25, -0.2) is 0 Å². The minimum absolute atomic E-state index is 0.492. The summed E-state index contributed by atoms with van der Waals surface area (Å²) in [6, 6.07) is 8.99. The van der Waals surface area contributed by atoms with E-state index in [0.29, 0.717) is 6.04 Å². The van der Waals surface area contributed by atoms with Crippen LogP contribution >= 0.6 is 0 Å². The third-order valence-electron chi connectivity index (χ3n) is 4.35. The van der Waals surface area contributed by atoms with E-state index in [1.54, 1.807) is 0 Å². The fourth-order valence-electron chi connectivity index (χ4n) is 3.00. The van der Waals surface area contributed by atoms with Gasteiger partial charge < -0.3 is 10.1 Å². The first-order chi connectivity index (χ1) is 9.33. The summed E-state index contributed by atoms with van der Waals surface area (Å²) in [5.74, 6) is 1.78. The van der Waals surface area contributed by atoms with E-state index >= 15 is 0 Å². The van der Waals surface area contributed by atoms with Gasteiger partial charge in [-0.05, 0) is 49.9 Å². The van der Waals surface area contributed by atoms with Crippen molar-refractivity contribution in [1.82, 2.24) is 5.32 Å². The van der Waals surface area contributed by atoms with Gasteiger partial charge in [-0.15, -0.1) is 0 Å². The van der Waals surface area contributed by atoms with Crippen molar-refractivity contribution in [3.63, 3.8) is 0 Å². The van der Waals surface area contributed by atoms with Crippen molar-refractivity contribution in [2.45, 2.75) is 51.5 Å². The predicted octanol–water partition coefficient (Wildman–Crippen LogP) is 3.80. The second-order valence-electron chi connectivity index (χ2n) is 5.60. The van der Waals surface area contributed by atoms with Crippen LogP contribution in [-0.4, -0.2) is 19.7 Å². The average molecular weight is 261 g/mol. The van der Waals surface area contributed by atoms with Crippen LogP contribution < -0.4 is 10.1 Å². The van der Waals surface area contributed by atoms with Crippen molar-refractivity contribution < 1.29 is 4.74 Å². The van der Waals surface area contributed by atoms with Gasteiger partial charge in [0.1, 0.15) is 12.4 Å². The van der Waals surface area contributed by atoms with Crippen molar-refractivity contribution >= 4 is 0 Å². The number of likely N-dealkylation sites (N-methyl/N-ethyl adjacent to an activating group) is 1. The quantitative estimate of drug-likeness (QED) is 0.841. The van der Waals surface area contributed by atoms with Crippen LogP contribution in [0.15, 0.2) is 24.3 Å². The van der Waals surface area contributed by atoms with Gasteiger partial charge in [-0.3, -0.25) is 0 Å². The molecule has 2 rings (SSSR count). The molecule has 1 aromatic rings. The molecule has 0 radical (unpaired) electrons. The molecule has 2 heteroatoms. The molecule has 1 N–H and O–H groups in total. The monoisotopic (exact) mass is 261 g/mol. The van der Waals surface area contributed by atoms with E-state index in [1.807, 2.05) is 0 Å². The molecule has 1 atom stereocenters. The molecule has 0 aromatic heterocycles. The molecule has 0 heterocycles. The normalized spacial score (nSPS) is 18.2. The van der Waals surface area contributed by atoms with Gasteiger partial charge in [0.15, 0.2) is 0 Å². The van der Waals surface area contributed by atoms with Gasteiger partial charge in [0, 0.05) is 6.04 Å². The minimum atomic E-state index is 0.492. The summed E-state index contributed by atoms with van der Waals surface area (Å²) in [5.41, 5.74) is 1.37. The Hall–Kier alpha value is -1.02. The van der Waals surface area contributed by atoms with Crippen LogP contribution in [0.5, 0.6) is 5.75 Å². The predicted molar refractivity (Wildman–Crippen MR) is 80.7 cm³/mol. The van der Waals surface area contributed by atoms with Crippen molar-refractivity contribution in [3.05, 3.63) is 29.8 Å². The Balaban J connectivity index is 1.84. The molecule has 0 amide bonds. The van der Waals surface area contributed by atoms with E-state index < -0.39 is 0 Å². The molecule has 2 nitrogen and oxygen atoms in total. The van der Waals surface area contributed by atoms with Gasteiger partial charge in [-0.1, -0.05) is 38.3 Å². The zero-order valence-electron chi connectivity index (χ0n) is 12.3. The third-order valence-corrected chi connectivity index (χ3v) is 4.35. The van der Waals surface area contributed by atoms with Crippen LogP contribution in [0.1, 0.15) is 44.6 Å². The highest BCUT2D eigenvalue weighted by atomic mass is 16.5. The number of aryl methyl sites for hydroxylation is 1. The van der Waals surface area contributed by atoms with Gasteiger partial charge in [0.25, 0.3) is 0 Å². The molecular formula is C17H27NO. The van der Waals surface area contributed by atoms with E-state index in [4.69, 9.17) is 4.74 Å². The summed E-state index contributed by atoms with van der Waals surface area (Å²) < 4.78 is 5.95. The molecule has 0 spiro atoms. The number of nitrogens with one attached hydrogen (secondary N) is 1. The minimum Gasteiger partial charge on any atom is -0.492 e. The van der Waals surface area contributed by atoms with E-state index in [-0.39, 0.29) is 0 Å². The first-order valence-electron chi connectivity index (χ1n) is 7.72. The first-order valence-corrected chi connectivity index (χ1v) is 7.72. The lowest BCUT2D eigenvalue weighted by Gasteiger charge is -2.29. The highest BCUT2D eigenvalue weighted by Crippen LogP contribution is 2.26. The lowest BCUT2D eigenvalue weighted by molar-refractivity contribution is 0.192. The van der Waals surface area contributed by atoms with Crippen molar-refractivity contribution in [2.75, 3.05) is 13.7 Å². The molecule has 1 fully saturated rings. The molecule has 1 saturated carbocycles. The first kappa shape index (κ1) is 14.4. The Bertz CT molecular complexity index is 354. The van der Waals surface area contributed by atoms with Gasteiger partial charge in [-0.2, -0.15) is 0 Å². The SMILES string of the molecule is CCc1ccc(OCC(NC)C2CCCCC2)cc1. The molecular weight excluding hydrogens is 234 g/mol. The van der Waals surface area contributed by atoms with Crippen molar-refractivity contribution in [2.24, 2.45) is 5.92 Å². The van der Waals surface area contributed by atoms with Gasteiger partial charge in [0.2, 0.25) is 0 Å². The average Bonchev–Trinajstić information content (AvgIpc) is 2.49. The van der Waals surface area contributed by atoms with E-state index in [9.17, 15) is 0 Å². The zero-order valence-corrected chi connectivity index (χ0v) is 12.3. The summed E-state index contributed by atoms with van der Waals surface area (Å²) in [4.78, 5) is 0. The number of benzene rings is 1. The third kappa shape index (κ3) is 4.24. The maximum Gasteiger partial charge on any atom is 0.119 e. The lowest BCUT2D eigenvalue weighted by atomic mass is 9.84. The van der Waals surface area contributed by atoms with Gasteiger partial charge in [0.05, 0.1) is 0 Å². The Morgan fingerprint density at radius 2 is 1.84 bits per heavy atom. The molecule has 0 aliphatic heterocycles. The Morgan fingerprint density at radius 3 is 2.42 bits per heavy atom. The van der Waals surface area contributed by atoms with Crippen LogP contribution in [0, 0.1) is 5.92 Å². The number of ether oxygens (including phenoxy) is 1. The highest BCUT2D eigenvalue weighted by Gasteiger charge is 2.22. The molecule has 1 aliphatic carbocycles. The molecule has 106 valence electrons. The summed E-state index contributed by atoms with van der Waals surface area (Å²) >= 11 is 0. The molecule has 1 aliphatic rings. The van der Waals surface area contributed by atoms with E-state index in [1.165, 1.54) is 37.7 Å². The topological polar surface area (TPSA) is 21.3 Å². The maximum absolute atomic E-state index is 5.95. The standard InChI is InChI=1S/C17H27NO/c1-3-14-9-11-16(12-10-14)19-13-17(18-2)15-7-5-4-6-8-15/h9-12,15,17-18H,3-8,13H2,1-2H3. The summed E-state index contributed by atoms with van der Waals surface area (Å²) in [5, 5.41) is 3.44. The largest absolute Gasteiger partial charge is 0.492 e. The summed E-state index contributed by atoms with van der Waals surface area (Å²) in [6.07, 6.45) is 7.96. The highest BCUT2D eigenvalue weighted by molar-refractivity contribution is 5.27. The smallest absolute Gasteiger partial charge is 0.119 e. The van der Waals surface area contributed by atoms with Gasteiger partial charge >= 0.3 is 0 Å². The lowest BCUT2D eigenvalue weighted by Crippen LogP contribution is -2.39. The summed E-state index contributed by atoms with van der Waals surface area (Å²) in [7, 11) is 2.06. The summed E-state index contributed by atoms with van der Waals surface area (Å²) in [6.45, 7) is 2.96. The fraction of sp³-hybridized carbons (Fsp3) is 0.647. The second kappa shape index (κ2) is 7.54. The van der Waals surface area contributed by atoms with Crippen molar-refractivity contribution in [1.29, 1.82) is 0 Å². The second-order valence-corrected chi connectivity index (χ2v) is 5.60. The molecule has 0 saturated heterocycles. The molecule has 0 bridgehead atoms. The Kier molecular flexibility index (Phi) is 5.71. The van der Waals surface area contributed by atoms with E-state index in [0.717, 1.165) is 24.7 Å². The fourth-order valence-corrected chi connectivity index (χ4v) is 3.00. The number of hydrogen-bond donors (Lipinski definition) is 1. The maximum atomic E-state index is 5.95. The number of hydrogen-bond acceptors (Lipinski definition) is 2. The van der Waals surface area contributed by atoms with Crippen LogP contribution in [0.25, 0.3) is 0 Å². The molecule has 19 heavy (non-hydrogen) atoms. The van der Waals surface area contributed by atoms with Crippen LogP contribution in [0.2, 0.25) is 0 Å².